The average Bonchev–Trinajstić information content (AvgIpc) is 2.79. The number of ether oxygens (including phenoxy) is 3. The first-order chi connectivity index (χ1) is 17.1. The fourth-order valence-electron chi connectivity index (χ4n) is 2.90. The first-order valence-corrected chi connectivity index (χ1v) is 11.0. The molecule has 12 heteroatoms. The summed E-state index contributed by atoms with van der Waals surface area (Å²) >= 11 is 0. The van der Waals surface area contributed by atoms with Crippen molar-refractivity contribution in [2.45, 2.75) is 26.4 Å². The highest BCUT2D eigenvalue weighted by molar-refractivity contribution is 5.86. The lowest BCUT2D eigenvalue weighted by Crippen LogP contribution is -2.27. The van der Waals surface area contributed by atoms with Gasteiger partial charge in [-0.3, -0.25) is 15.4 Å². The Morgan fingerprint density at radius 3 is 2.42 bits per heavy atom. The summed E-state index contributed by atoms with van der Waals surface area (Å²) in [5.41, 5.74) is 0.610. The van der Waals surface area contributed by atoms with Crippen LogP contribution in [0.3, 0.4) is 0 Å². The van der Waals surface area contributed by atoms with Crippen LogP contribution in [0.15, 0.2) is 54.7 Å². The van der Waals surface area contributed by atoms with E-state index in [0.717, 1.165) is 6.20 Å². The summed E-state index contributed by atoms with van der Waals surface area (Å²) in [5, 5.41) is 20.1. The normalized spacial score (nSPS) is 10.9. The van der Waals surface area contributed by atoms with Gasteiger partial charge in [-0.15, -0.1) is 0 Å². The second-order valence-electron chi connectivity index (χ2n) is 8.51. The van der Waals surface area contributed by atoms with Gasteiger partial charge in [0, 0.05) is 24.2 Å². The van der Waals surface area contributed by atoms with Gasteiger partial charge in [0.15, 0.2) is 0 Å². The third kappa shape index (κ3) is 8.09. The van der Waals surface area contributed by atoms with E-state index >= 15 is 0 Å². The molecule has 1 amide bonds. The van der Waals surface area contributed by atoms with E-state index in [-0.39, 0.29) is 17.5 Å². The molecule has 3 aromatic rings. The van der Waals surface area contributed by atoms with Gasteiger partial charge in [-0.05, 0) is 63.2 Å². The van der Waals surface area contributed by atoms with E-state index < -0.39 is 16.6 Å². The van der Waals surface area contributed by atoms with E-state index in [1.807, 2.05) is 0 Å². The van der Waals surface area contributed by atoms with Crippen LogP contribution in [-0.2, 0) is 9.47 Å². The Hall–Kier alpha value is -4.45. The molecule has 0 unspecified atom stereocenters. The summed E-state index contributed by atoms with van der Waals surface area (Å²) in [6.07, 6.45) is 0.497. The molecule has 0 aliphatic heterocycles. The quantitative estimate of drug-likeness (QED) is 0.193. The van der Waals surface area contributed by atoms with Crippen LogP contribution in [-0.4, -0.2) is 46.9 Å². The van der Waals surface area contributed by atoms with Gasteiger partial charge in [-0.1, -0.05) is 6.07 Å². The van der Waals surface area contributed by atoms with Crippen molar-refractivity contribution in [3.8, 4) is 5.75 Å². The number of nitrogens with zero attached hydrogens (tertiary/aromatic N) is 3. The predicted molar refractivity (Wildman–Crippen MR) is 135 cm³/mol. The molecular formula is C24H28N6O6. The lowest BCUT2D eigenvalue weighted by molar-refractivity contribution is -0.384. The van der Waals surface area contributed by atoms with Crippen molar-refractivity contribution < 1.29 is 23.9 Å². The molecule has 0 saturated heterocycles. The van der Waals surface area contributed by atoms with E-state index in [2.05, 4.69) is 25.9 Å². The van der Waals surface area contributed by atoms with E-state index in [0.29, 0.717) is 36.0 Å². The molecule has 2 aromatic carbocycles. The Balaban J connectivity index is 1.74. The molecule has 3 rings (SSSR count). The topological polar surface area (TPSA) is 150 Å². The van der Waals surface area contributed by atoms with Crippen molar-refractivity contribution in [3.63, 3.8) is 0 Å². The number of carbonyl (C=O) groups excluding carboxylic acids is 1. The predicted octanol–water partition coefficient (Wildman–Crippen LogP) is 5.24. The van der Waals surface area contributed by atoms with Gasteiger partial charge in [0.2, 0.25) is 11.8 Å². The van der Waals surface area contributed by atoms with Gasteiger partial charge >= 0.3 is 11.8 Å². The highest BCUT2D eigenvalue weighted by Crippen LogP contribution is 2.28. The van der Waals surface area contributed by atoms with Gasteiger partial charge < -0.3 is 24.8 Å². The standard InChI is InChI=1S/C24H28N6O6/c1-24(2,3)36-23(31)28-18-7-5-6-17(14-18)26-21-20(30(32)33)15-25-22(29-21)27-16-8-10-19(11-9-16)35-13-12-34-4/h5-11,14-15H,12-13H2,1-4H3,(H,28,31)(H2,25,26,27,29). The van der Waals surface area contributed by atoms with Gasteiger partial charge in [0.05, 0.1) is 11.5 Å². The van der Waals surface area contributed by atoms with Crippen LogP contribution in [0.2, 0.25) is 0 Å². The first kappa shape index (κ1) is 26.2. The molecule has 3 N–H and O–H groups in total. The molecule has 0 aliphatic carbocycles. The van der Waals surface area contributed by atoms with Crippen LogP contribution >= 0.6 is 0 Å². The molecule has 0 spiro atoms. The number of amides is 1. The Kier molecular flexibility index (Phi) is 8.57. The van der Waals surface area contributed by atoms with Crippen molar-refractivity contribution in [3.05, 3.63) is 64.8 Å². The number of aromatic nitrogens is 2. The van der Waals surface area contributed by atoms with Crippen molar-refractivity contribution >= 4 is 40.6 Å². The number of nitrogens with one attached hydrogen (secondary N) is 3. The molecule has 0 saturated carbocycles. The molecule has 0 aliphatic rings. The number of hydrogen-bond donors (Lipinski definition) is 3. The molecule has 12 nitrogen and oxygen atoms in total. The highest BCUT2D eigenvalue weighted by Gasteiger charge is 2.19. The second-order valence-corrected chi connectivity index (χ2v) is 8.51. The van der Waals surface area contributed by atoms with E-state index in [1.165, 1.54) is 0 Å². The molecule has 1 heterocycles. The summed E-state index contributed by atoms with van der Waals surface area (Å²) in [7, 11) is 1.60. The van der Waals surface area contributed by atoms with Crippen LogP contribution in [0, 0.1) is 10.1 Å². The molecule has 0 atom stereocenters. The Bertz CT molecular complexity index is 1200. The second kappa shape index (κ2) is 11.8. The van der Waals surface area contributed by atoms with Crippen LogP contribution in [0.4, 0.5) is 39.3 Å². The molecule has 190 valence electrons. The van der Waals surface area contributed by atoms with Crippen molar-refractivity contribution in [1.29, 1.82) is 0 Å². The summed E-state index contributed by atoms with van der Waals surface area (Å²) in [4.78, 5) is 31.3. The van der Waals surface area contributed by atoms with E-state index in [4.69, 9.17) is 14.2 Å². The monoisotopic (exact) mass is 496 g/mol. The number of hydrogen-bond acceptors (Lipinski definition) is 10. The molecular weight excluding hydrogens is 468 g/mol. The maximum absolute atomic E-state index is 12.1. The number of carbonyl (C=O) groups is 1. The SMILES string of the molecule is COCCOc1ccc(Nc2ncc([N+](=O)[O-])c(Nc3cccc(NC(=O)OC(C)(C)C)c3)n2)cc1. The lowest BCUT2D eigenvalue weighted by Gasteiger charge is -2.19. The van der Waals surface area contributed by atoms with E-state index in [1.54, 1.807) is 76.4 Å². The Morgan fingerprint density at radius 2 is 1.75 bits per heavy atom. The zero-order chi connectivity index (χ0) is 26.1. The molecule has 0 radical (unpaired) electrons. The minimum absolute atomic E-state index is 0.0218. The Morgan fingerprint density at radius 1 is 1.03 bits per heavy atom. The smallest absolute Gasteiger partial charge is 0.412 e. The molecule has 0 bridgehead atoms. The minimum Gasteiger partial charge on any atom is -0.491 e. The van der Waals surface area contributed by atoms with Crippen LogP contribution in [0.5, 0.6) is 5.75 Å². The van der Waals surface area contributed by atoms with E-state index in [9.17, 15) is 14.9 Å². The van der Waals surface area contributed by atoms with Crippen LogP contribution < -0.4 is 20.7 Å². The maximum atomic E-state index is 12.1. The summed E-state index contributed by atoms with van der Waals surface area (Å²) in [6, 6.07) is 13.7. The zero-order valence-electron chi connectivity index (χ0n) is 20.4. The lowest BCUT2D eigenvalue weighted by atomic mass is 10.2. The van der Waals surface area contributed by atoms with Gasteiger partial charge in [-0.2, -0.15) is 4.98 Å². The van der Waals surface area contributed by atoms with Gasteiger partial charge in [0.1, 0.15) is 24.2 Å². The summed E-state index contributed by atoms with van der Waals surface area (Å²) in [6.45, 7) is 6.19. The molecule has 1 aromatic heterocycles. The van der Waals surface area contributed by atoms with Crippen LogP contribution in [0.1, 0.15) is 20.8 Å². The van der Waals surface area contributed by atoms with Crippen molar-refractivity contribution in [1.82, 2.24) is 9.97 Å². The Labute approximate surface area is 208 Å². The van der Waals surface area contributed by atoms with Crippen LogP contribution in [0.25, 0.3) is 0 Å². The number of anilines is 5. The highest BCUT2D eigenvalue weighted by atomic mass is 16.6. The number of methoxy groups -OCH3 is 1. The first-order valence-electron chi connectivity index (χ1n) is 11.0. The average molecular weight is 497 g/mol. The van der Waals surface area contributed by atoms with Gasteiger partial charge in [-0.25, -0.2) is 9.78 Å². The third-order valence-electron chi connectivity index (χ3n) is 4.40. The summed E-state index contributed by atoms with van der Waals surface area (Å²) in [5.74, 6) is 0.801. The largest absolute Gasteiger partial charge is 0.491 e. The maximum Gasteiger partial charge on any atom is 0.412 e. The van der Waals surface area contributed by atoms with Crippen molar-refractivity contribution in [2.24, 2.45) is 0 Å². The third-order valence-corrected chi connectivity index (χ3v) is 4.40. The van der Waals surface area contributed by atoms with Gasteiger partial charge in [0.25, 0.3) is 0 Å². The fourth-order valence-corrected chi connectivity index (χ4v) is 2.90. The number of nitro groups is 1. The number of benzene rings is 2. The zero-order valence-corrected chi connectivity index (χ0v) is 20.4. The van der Waals surface area contributed by atoms with Crippen molar-refractivity contribution in [2.75, 3.05) is 36.3 Å². The molecule has 0 fully saturated rings. The summed E-state index contributed by atoms with van der Waals surface area (Å²) < 4.78 is 15.7. The minimum atomic E-state index is -0.651. The fraction of sp³-hybridized carbons (Fsp3) is 0.292. The number of rotatable bonds is 10. The molecule has 36 heavy (non-hydrogen) atoms.